The van der Waals surface area contributed by atoms with Gasteiger partial charge in [0.25, 0.3) is 0 Å². The van der Waals surface area contributed by atoms with Crippen LogP contribution in [0.1, 0.15) is 18.7 Å². The number of rotatable bonds is 6. The Kier molecular flexibility index (Phi) is 4.84. The monoisotopic (exact) mass is 382 g/mol. The molecule has 0 N–H and O–H groups in total. The first-order chi connectivity index (χ1) is 13.2. The Hall–Kier alpha value is -3.19. The van der Waals surface area contributed by atoms with Gasteiger partial charge in [0.2, 0.25) is 23.5 Å². The van der Waals surface area contributed by atoms with Gasteiger partial charge in [0.15, 0.2) is 0 Å². The molecule has 7 nitrogen and oxygen atoms in total. The molecule has 2 heterocycles. The van der Waals surface area contributed by atoms with Crippen LogP contribution < -0.4 is 4.74 Å². The maximum atomic E-state index is 5.89. The summed E-state index contributed by atoms with van der Waals surface area (Å²) >= 11 is 5.89. The second kappa shape index (κ2) is 7.59. The number of halogens is 1. The summed E-state index contributed by atoms with van der Waals surface area (Å²) in [4.78, 5) is 4.39. The maximum absolute atomic E-state index is 5.89. The fraction of sp³-hybridized carbons (Fsp3) is 0.158. The molecule has 0 saturated carbocycles. The molecule has 27 heavy (non-hydrogen) atoms. The van der Waals surface area contributed by atoms with Gasteiger partial charge in [-0.25, -0.2) is 0 Å². The van der Waals surface area contributed by atoms with E-state index in [1.54, 1.807) is 12.1 Å². The van der Waals surface area contributed by atoms with E-state index < -0.39 is 0 Å². The summed E-state index contributed by atoms with van der Waals surface area (Å²) in [5.74, 6) is 2.41. The number of aromatic nitrogens is 4. The van der Waals surface area contributed by atoms with Crippen LogP contribution in [0.2, 0.25) is 5.02 Å². The zero-order valence-electron chi connectivity index (χ0n) is 14.4. The molecule has 0 aliphatic heterocycles. The van der Waals surface area contributed by atoms with E-state index in [1.165, 1.54) is 0 Å². The molecule has 0 spiro atoms. The van der Waals surface area contributed by atoms with Crippen molar-refractivity contribution < 1.29 is 13.7 Å². The van der Waals surface area contributed by atoms with E-state index in [9.17, 15) is 0 Å². The van der Waals surface area contributed by atoms with Crippen LogP contribution in [0.4, 0.5) is 0 Å². The van der Waals surface area contributed by atoms with Crippen molar-refractivity contribution in [2.45, 2.75) is 13.3 Å². The van der Waals surface area contributed by atoms with Gasteiger partial charge in [0.1, 0.15) is 12.2 Å². The Balaban J connectivity index is 1.50. The van der Waals surface area contributed by atoms with Crippen molar-refractivity contribution in [3.8, 4) is 28.6 Å². The molecule has 2 aromatic carbocycles. The van der Waals surface area contributed by atoms with E-state index in [0.29, 0.717) is 35.1 Å². The molecule has 0 saturated heterocycles. The number of benzene rings is 2. The third-order valence-corrected chi connectivity index (χ3v) is 3.98. The molecular formula is C19H15ClN4O3. The van der Waals surface area contributed by atoms with Crippen molar-refractivity contribution in [1.29, 1.82) is 0 Å². The first-order valence-corrected chi connectivity index (χ1v) is 8.73. The second-order valence-corrected chi connectivity index (χ2v) is 6.09. The van der Waals surface area contributed by atoms with Crippen LogP contribution in [-0.2, 0) is 6.42 Å². The molecule has 0 atom stereocenters. The summed E-state index contributed by atoms with van der Waals surface area (Å²) in [6, 6.07) is 14.7. The zero-order valence-corrected chi connectivity index (χ0v) is 15.2. The van der Waals surface area contributed by atoms with Crippen LogP contribution in [0.25, 0.3) is 22.8 Å². The Morgan fingerprint density at radius 1 is 1.00 bits per heavy atom. The third-order valence-electron chi connectivity index (χ3n) is 3.73. The molecule has 0 radical (unpaired) electrons. The number of hydrogen-bond acceptors (Lipinski definition) is 7. The van der Waals surface area contributed by atoms with Crippen molar-refractivity contribution in [1.82, 2.24) is 20.3 Å². The van der Waals surface area contributed by atoms with Crippen molar-refractivity contribution in [3.05, 3.63) is 65.3 Å². The highest BCUT2D eigenvalue weighted by atomic mass is 35.5. The van der Waals surface area contributed by atoms with Crippen molar-refractivity contribution >= 4 is 11.6 Å². The molecule has 8 heteroatoms. The summed E-state index contributed by atoms with van der Waals surface area (Å²) in [5.41, 5.74) is 1.60. The fourth-order valence-electron chi connectivity index (χ4n) is 2.50. The van der Waals surface area contributed by atoms with E-state index in [1.807, 2.05) is 43.3 Å². The molecule has 0 aliphatic carbocycles. The highest BCUT2D eigenvalue weighted by molar-refractivity contribution is 6.30. The van der Waals surface area contributed by atoms with E-state index >= 15 is 0 Å². The molecule has 4 rings (SSSR count). The van der Waals surface area contributed by atoms with Gasteiger partial charge in [-0.2, -0.15) is 4.98 Å². The highest BCUT2D eigenvalue weighted by Gasteiger charge is 2.15. The van der Waals surface area contributed by atoms with Gasteiger partial charge >= 0.3 is 0 Å². The minimum Gasteiger partial charge on any atom is -0.494 e. The lowest BCUT2D eigenvalue weighted by atomic mass is 10.2. The summed E-state index contributed by atoms with van der Waals surface area (Å²) in [7, 11) is 0. The molecule has 2 aromatic heterocycles. The Morgan fingerprint density at radius 2 is 1.85 bits per heavy atom. The van der Waals surface area contributed by atoms with Gasteiger partial charge in [-0.1, -0.05) is 28.9 Å². The number of nitrogens with zero attached hydrogens (tertiary/aromatic N) is 4. The lowest BCUT2D eigenvalue weighted by molar-refractivity contribution is 0.340. The van der Waals surface area contributed by atoms with Gasteiger partial charge < -0.3 is 13.7 Å². The van der Waals surface area contributed by atoms with Crippen LogP contribution in [-0.4, -0.2) is 26.9 Å². The standard InChI is InChI=1S/C19H15ClN4O3/c1-2-25-15-5-3-4-13(10-15)18-21-16(27-24-18)11-17-22-23-19(26-17)12-6-8-14(20)9-7-12/h3-10H,2,11H2,1H3. The van der Waals surface area contributed by atoms with Crippen LogP contribution in [0.5, 0.6) is 5.75 Å². The predicted octanol–water partition coefficient (Wildman–Crippen LogP) is 4.43. The average molecular weight is 383 g/mol. The zero-order chi connectivity index (χ0) is 18.6. The van der Waals surface area contributed by atoms with Crippen LogP contribution in [0, 0.1) is 0 Å². The minimum atomic E-state index is 0.249. The van der Waals surface area contributed by atoms with E-state index in [2.05, 4.69) is 20.3 Å². The average Bonchev–Trinajstić information content (AvgIpc) is 3.33. The molecule has 0 unspecified atom stereocenters. The first kappa shape index (κ1) is 17.2. The Morgan fingerprint density at radius 3 is 2.67 bits per heavy atom. The topological polar surface area (TPSA) is 87.1 Å². The summed E-state index contributed by atoms with van der Waals surface area (Å²) in [5, 5.41) is 12.7. The van der Waals surface area contributed by atoms with Gasteiger partial charge in [-0.05, 0) is 43.3 Å². The molecule has 136 valence electrons. The smallest absolute Gasteiger partial charge is 0.247 e. The number of ether oxygens (including phenoxy) is 1. The van der Waals surface area contributed by atoms with Crippen LogP contribution in [0.3, 0.4) is 0 Å². The molecule has 0 amide bonds. The van der Waals surface area contributed by atoms with Gasteiger partial charge in [0, 0.05) is 16.1 Å². The Labute approximate surface area is 160 Å². The lowest BCUT2D eigenvalue weighted by Gasteiger charge is -2.02. The summed E-state index contributed by atoms with van der Waals surface area (Å²) in [6.45, 7) is 2.52. The largest absolute Gasteiger partial charge is 0.494 e. The van der Waals surface area contributed by atoms with Crippen LogP contribution >= 0.6 is 11.6 Å². The van der Waals surface area contributed by atoms with Crippen molar-refractivity contribution in [2.75, 3.05) is 6.61 Å². The second-order valence-electron chi connectivity index (χ2n) is 5.66. The van der Waals surface area contributed by atoms with Gasteiger partial charge in [0.05, 0.1) is 6.61 Å². The van der Waals surface area contributed by atoms with Gasteiger partial charge in [-0.15, -0.1) is 10.2 Å². The molecule has 0 aliphatic rings. The first-order valence-electron chi connectivity index (χ1n) is 8.35. The maximum Gasteiger partial charge on any atom is 0.247 e. The molecular weight excluding hydrogens is 368 g/mol. The fourth-order valence-corrected chi connectivity index (χ4v) is 2.63. The molecule has 4 aromatic rings. The quantitative estimate of drug-likeness (QED) is 0.487. The van der Waals surface area contributed by atoms with E-state index in [4.69, 9.17) is 25.3 Å². The van der Waals surface area contributed by atoms with E-state index in [0.717, 1.165) is 16.9 Å². The molecule has 0 fully saturated rings. The van der Waals surface area contributed by atoms with E-state index in [-0.39, 0.29) is 6.42 Å². The van der Waals surface area contributed by atoms with Crippen molar-refractivity contribution in [2.24, 2.45) is 0 Å². The van der Waals surface area contributed by atoms with Crippen molar-refractivity contribution in [3.63, 3.8) is 0 Å². The minimum absolute atomic E-state index is 0.249. The molecule has 0 bridgehead atoms. The normalized spacial score (nSPS) is 10.9. The van der Waals surface area contributed by atoms with Gasteiger partial charge in [-0.3, -0.25) is 0 Å². The number of hydrogen-bond donors (Lipinski definition) is 0. The predicted molar refractivity (Wildman–Crippen MR) is 98.5 cm³/mol. The SMILES string of the molecule is CCOc1cccc(-c2noc(Cc3nnc(-c4ccc(Cl)cc4)o3)n2)c1. The highest BCUT2D eigenvalue weighted by Crippen LogP contribution is 2.23. The summed E-state index contributed by atoms with van der Waals surface area (Å²) < 4.78 is 16.5. The third kappa shape index (κ3) is 3.98. The summed E-state index contributed by atoms with van der Waals surface area (Å²) in [6.07, 6.45) is 0.249. The van der Waals surface area contributed by atoms with Crippen LogP contribution in [0.15, 0.2) is 57.5 Å². The lowest BCUT2D eigenvalue weighted by Crippen LogP contribution is -1.92. The Bertz CT molecular complexity index is 1040.